The number of nitrogens with one attached hydrogen (secondary N) is 1. The van der Waals surface area contributed by atoms with Crippen LogP contribution in [0.2, 0.25) is 0 Å². The maximum atomic E-state index is 5.73. The van der Waals surface area contributed by atoms with Gasteiger partial charge in [0.15, 0.2) is 0 Å². The van der Waals surface area contributed by atoms with E-state index >= 15 is 0 Å². The highest BCUT2D eigenvalue weighted by molar-refractivity contribution is 5.37. The first-order chi connectivity index (χ1) is 9.33. The quantitative estimate of drug-likeness (QED) is 0.893. The van der Waals surface area contributed by atoms with Crippen LogP contribution in [0.4, 0.5) is 0 Å². The molecule has 1 unspecified atom stereocenters. The zero-order valence-electron chi connectivity index (χ0n) is 11.9. The third-order valence-corrected chi connectivity index (χ3v) is 4.75. The molecule has 19 heavy (non-hydrogen) atoms. The van der Waals surface area contributed by atoms with Crippen LogP contribution in [0, 0.1) is 5.92 Å². The molecule has 1 aliphatic heterocycles. The Bertz CT molecular complexity index is 409. The molecule has 2 heteroatoms. The van der Waals surface area contributed by atoms with E-state index in [2.05, 4.69) is 36.5 Å². The third kappa shape index (κ3) is 3.11. The van der Waals surface area contributed by atoms with E-state index in [4.69, 9.17) is 4.74 Å². The van der Waals surface area contributed by atoms with Crippen LogP contribution in [0.25, 0.3) is 0 Å². The van der Waals surface area contributed by atoms with E-state index in [0.29, 0.717) is 5.92 Å². The normalized spacial score (nSPS) is 30.5. The SMILES string of the molecule is CC1CCC(NCC2CCOc3ccccc32)CC1. The summed E-state index contributed by atoms with van der Waals surface area (Å²) in [4.78, 5) is 0. The molecule has 0 radical (unpaired) electrons. The highest BCUT2D eigenvalue weighted by atomic mass is 16.5. The van der Waals surface area contributed by atoms with Gasteiger partial charge in [0.2, 0.25) is 0 Å². The zero-order chi connectivity index (χ0) is 13.1. The molecule has 0 saturated heterocycles. The molecule has 1 saturated carbocycles. The molecule has 1 heterocycles. The Morgan fingerprint density at radius 2 is 1.89 bits per heavy atom. The van der Waals surface area contributed by atoms with Crippen LogP contribution < -0.4 is 10.1 Å². The molecule has 2 nitrogen and oxygen atoms in total. The van der Waals surface area contributed by atoms with Crippen LogP contribution in [-0.4, -0.2) is 19.2 Å². The fraction of sp³-hybridized carbons (Fsp3) is 0.647. The van der Waals surface area contributed by atoms with E-state index in [0.717, 1.165) is 37.3 Å². The van der Waals surface area contributed by atoms with Crippen molar-refractivity contribution in [2.75, 3.05) is 13.2 Å². The molecule has 0 aromatic heterocycles. The summed E-state index contributed by atoms with van der Waals surface area (Å²) in [7, 11) is 0. The highest BCUT2D eigenvalue weighted by Crippen LogP contribution is 2.33. The maximum absolute atomic E-state index is 5.73. The van der Waals surface area contributed by atoms with Crippen LogP contribution in [0.3, 0.4) is 0 Å². The molecule has 3 rings (SSSR count). The molecule has 1 aromatic carbocycles. The molecular weight excluding hydrogens is 234 g/mol. The van der Waals surface area contributed by atoms with Gasteiger partial charge in [-0.3, -0.25) is 0 Å². The number of ether oxygens (including phenoxy) is 1. The number of hydrogen-bond acceptors (Lipinski definition) is 2. The van der Waals surface area contributed by atoms with Gasteiger partial charge in [-0.15, -0.1) is 0 Å². The summed E-state index contributed by atoms with van der Waals surface area (Å²) in [5, 5.41) is 3.80. The minimum absolute atomic E-state index is 0.629. The van der Waals surface area contributed by atoms with Gasteiger partial charge in [0.25, 0.3) is 0 Å². The minimum Gasteiger partial charge on any atom is -0.493 e. The fourth-order valence-corrected chi connectivity index (χ4v) is 3.40. The van der Waals surface area contributed by atoms with Gasteiger partial charge < -0.3 is 10.1 Å². The molecular formula is C17H25NO. The Labute approximate surface area is 116 Å². The fourth-order valence-electron chi connectivity index (χ4n) is 3.40. The van der Waals surface area contributed by atoms with E-state index in [9.17, 15) is 0 Å². The van der Waals surface area contributed by atoms with Gasteiger partial charge in [-0.05, 0) is 49.7 Å². The topological polar surface area (TPSA) is 21.3 Å². The second-order valence-electron chi connectivity index (χ2n) is 6.24. The van der Waals surface area contributed by atoms with E-state index in [1.807, 2.05) is 0 Å². The molecule has 0 spiro atoms. The predicted molar refractivity (Wildman–Crippen MR) is 78.7 cm³/mol. The van der Waals surface area contributed by atoms with Crippen LogP contribution in [0.15, 0.2) is 24.3 Å². The van der Waals surface area contributed by atoms with Crippen molar-refractivity contribution >= 4 is 0 Å². The van der Waals surface area contributed by atoms with Crippen molar-refractivity contribution in [3.8, 4) is 5.75 Å². The monoisotopic (exact) mass is 259 g/mol. The van der Waals surface area contributed by atoms with E-state index in [1.54, 1.807) is 0 Å². The Balaban J connectivity index is 1.56. The van der Waals surface area contributed by atoms with E-state index in [-0.39, 0.29) is 0 Å². The van der Waals surface area contributed by atoms with Crippen molar-refractivity contribution in [1.82, 2.24) is 5.32 Å². The average molecular weight is 259 g/mol. The first-order valence-electron chi connectivity index (χ1n) is 7.78. The van der Waals surface area contributed by atoms with Crippen LogP contribution >= 0.6 is 0 Å². The van der Waals surface area contributed by atoms with Crippen molar-refractivity contribution in [2.24, 2.45) is 5.92 Å². The summed E-state index contributed by atoms with van der Waals surface area (Å²) in [6.45, 7) is 4.36. The number of fused-ring (bicyclic) bond motifs is 1. The number of para-hydroxylation sites is 1. The first-order valence-corrected chi connectivity index (χ1v) is 7.78. The number of benzene rings is 1. The summed E-state index contributed by atoms with van der Waals surface area (Å²) >= 11 is 0. The van der Waals surface area contributed by atoms with Crippen molar-refractivity contribution < 1.29 is 4.74 Å². The zero-order valence-corrected chi connectivity index (χ0v) is 11.9. The van der Waals surface area contributed by atoms with Gasteiger partial charge in [-0.25, -0.2) is 0 Å². The van der Waals surface area contributed by atoms with Gasteiger partial charge in [0.05, 0.1) is 6.61 Å². The second-order valence-corrected chi connectivity index (χ2v) is 6.24. The maximum Gasteiger partial charge on any atom is 0.122 e. The largest absolute Gasteiger partial charge is 0.493 e. The van der Waals surface area contributed by atoms with Gasteiger partial charge >= 0.3 is 0 Å². The van der Waals surface area contributed by atoms with E-state index < -0.39 is 0 Å². The Hall–Kier alpha value is -1.02. The lowest BCUT2D eigenvalue weighted by atomic mass is 9.86. The van der Waals surface area contributed by atoms with Gasteiger partial charge in [-0.1, -0.05) is 25.1 Å². The Morgan fingerprint density at radius 3 is 2.74 bits per heavy atom. The Morgan fingerprint density at radius 1 is 1.11 bits per heavy atom. The van der Waals surface area contributed by atoms with Crippen LogP contribution in [0.1, 0.15) is 50.5 Å². The lowest BCUT2D eigenvalue weighted by Gasteiger charge is -2.31. The predicted octanol–water partition coefficient (Wildman–Crippen LogP) is 3.72. The highest BCUT2D eigenvalue weighted by Gasteiger charge is 2.23. The Kier molecular flexibility index (Phi) is 4.07. The molecule has 2 aliphatic rings. The second kappa shape index (κ2) is 5.96. The molecule has 1 fully saturated rings. The molecule has 1 atom stereocenters. The van der Waals surface area contributed by atoms with Crippen molar-refractivity contribution in [3.05, 3.63) is 29.8 Å². The molecule has 1 aromatic rings. The molecule has 104 valence electrons. The smallest absolute Gasteiger partial charge is 0.122 e. The van der Waals surface area contributed by atoms with Crippen molar-refractivity contribution in [1.29, 1.82) is 0 Å². The van der Waals surface area contributed by atoms with Crippen LogP contribution in [-0.2, 0) is 0 Å². The minimum atomic E-state index is 0.629. The van der Waals surface area contributed by atoms with Gasteiger partial charge in [-0.2, -0.15) is 0 Å². The number of hydrogen-bond donors (Lipinski definition) is 1. The first kappa shape index (κ1) is 13.0. The van der Waals surface area contributed by atoms with Gasteiger partial charge in [0, 0.05) is 18.5 Å². The van der Waals surface area contributed by atoms with E-state index in [1.165, 1.54) is 31.2 Å². The molecule has 1 aliphatic carbocycles. The summed E-state index contributed by atoms with van der Waals surface area (Å²) in [6.07, 6.45) is 6.63. The third-order valence-electron chi connectivity index (χ3n) is 4.75. The summed E-state index contributed by atoms with van der Waals surface area (Å²) in [5.74, 6) is 2.66. The molecule has 0 bridgehead atoms. The lowest BCUT2D eigenvalue weighted by molar-refractivity contribution is 0.253. The molecule has 0 amide bonds. The molecule has 1 N–H and O–H groups in total. The van der Waals surface area contributed by atoms with Crippen molar-refractivity contribution in [2.45, 2.75) is 51.0 Å². The van der Waals surface area contributed by atoms with Crippen molar-refractivity contribution in [3.63, 3.8) is 0 Å². The standard InChI is InChI=1S/C17H25NO/c1-13-6-8-15(9-7-13)18-12-14-10-11-19-17-5-3-2-4-16(14)17/h2-5,13-15,18H,6-12H2,1H3. The summed E-state index contributed by atoms with van der Waals surface area (Å²) in [5.41, 5.74) is 1.39. The number of rotatable bonds is 3. The lowest BCUT2D eigenvalue weighted by Crippen LogP contribution is -2.36. The summed E-state index contributed by atoms with van der Waals surface area (Å²) in [6, 6.07) is 9.26. The summed E-state index contributed by atoms with van der Waals surface area (Å²) < 4.78 is 5.73. The van der Waals surface area contributed by atoms with Gasteiger partial charge in [0.1, 0.15) is 5.75 Å². The van der Waals surface area contributed by atoms with Crippen LogP contribution in [0.5, 0.6) is 5.75 Å². The average Bonchev–Trinajstić information content (AvgIpc) is 2.47.